The second kappa shape index (κ2) is 7.52. The number of fused-ring (bicyclic) bond motifs is 2. The molecule has 0 fully saturated rings. The van der Waals surface area contributed by atoms with Crippen LogP contribution in [0.2, 0.25) is 0 Å². The van der Waals surface area contributed by atoms with E-state index in [0.717, 1.165) is 17.9 Å². The zero-order valence-corrected chi connectivity index (χ0v) is 16.2. The predicted molar refractivity (Wildman–Crippen MR) is 113 cm³/mol. The molecular formula is C23H19NO3S. The Hall–Kier alpha value is -3.05. The highest BCUT2D eigenvalue weighted by Crippen LogP contribution is 2.37. The molecule has 1 aliphatic rings. The number of nitrogens with one attached hydrogen (secondary N) is 1. The van der Waals surface area contributed by atoms with Crippen molar-refractivity contribution in [3.63, 3.8) is 0 Å². The molecule has 0 atom stereocenters. The third-order valence-electron chi connectivity index (χ3n) is 4.88. The molecule has 3 aromatic rings. The van der Waals surface area contributed by atoms with E-state index in [1.165, 1.54) is 11.6 Å². The molecule has 0 heterocycles. The Bertz CT molecular complexity index is 1070. The Balaban J connectivity index is 1.72. The summed E-state index contributed by atoms with van der Waals surface area (Å²) in [7, 11) is 0. The number of phenols is 1. The Labute approximate surface area is 167 Å². The summed E-state index contributed by atoms with van der Waals surface area (Å²) in [4.78, 5) is 26.0. The van der Waals surface area contributed by atoms with Crippen molar-refractivity contribution in [1.82, 2.24) is 0 Å². The summed E-state index contributed by atoms with van der Waals surface area (Å²) in [5.74, 6) is 0.286. The summed E-state index contributed by atoms with van der Waals surface area (Å²) in [5.41, 5.74) is 3.54. The third-order valence-corrected chi connectivity index (χ3v) is 5.49. The first-order chi connectivity index (χ1) is 13.6. The Morgan fingerprint density at radius 2 is 1.50 bits per heavy atom. The smallest absolute Gasteiger partial charge is 0.198 e. The van der Waals surface area contributed by atoms with Crippen molar-refractivity contribution in [1.29, 1.82) is 0 Å². The Morgan fingerprint density at radius 3 is 2.14 bits per heavy atom. The molecule has 5 heteroatoms. The lowest BCUT2D eigenvalue weighted by Gasteiger charge is -2.21. The fraction of sp³-hybridized carbons (Fsp3) is 0.130. The Kier molecular flexibility index (Phi) is 4.92. The average molecular weight is 389 g/mol. The largest absolute Gasteiger partial charge is 0.507 e. The SMILES string of the molecule is CSCCc1ccc(Nc2ccc(O)c3c2C(=O)c2ccccc2C3=O)cc1. The molecule has 0 spiro atoms. The van der Waals surface area contributed by atoms with Gasteiger partial charge < -0.3 is 10.4 Å². The fourth-order valence-electron chi connectivity index (χ4n) is 3.44. The van der Waals surface area contributed by atoms with Crippen LogP contribution in [0.15, 0.2) is 60.7 Å². The normalized spacial score (nSPS) is 12.5. The number of hydrogen-bond acceptors (Lipinski definition) is 5. The van der Waals surface area contributed by atoms with Crippen LogP contribution in [0.4, 0.5) is 11.4 Å². The van der Waals surface area contributed by atoms with Gasteiger partial charge in [0.1, 0.15) is 5.75 Å². The molecule has 2 N–H and O–H groups in total. The summed E-state index contributed by atoms with van der Waals surface area (Å²) < 4.78 is 0. The minimum atomic E-state index is -0.334. The van der Waals surface area contributed by atoms with Crippen molar-refractivity contribution < 1.29 is 14.7 Å². The Morgan fingerprint density at radius 1 is 0.857 bits per heavy atom. The lowest BCUT2D eigenvalue weighted by molar-refractivity contribution is 0.0977. The lowest BCUT2D eigenvalue weighted by atomic mass is 9.82. The molecule has 0 bridgehead atoms. The summed E-state index contributed by atoms with van der Waals surface area (Å²) in [5, 5.41) is 13.5. The van der Waals surface area contributed by atoms with E-state index >= 15 is 0 Å². The molecule has 3 aromatic carbocycles. The molecule has 1 aliphatic carbocycles. The first-order valence-electron chi connectivity index (χ1n) is 8.99. The number of aromatic hydroxyl groups is 1. The highest BCUT2D eigenvalue weighted by Gasteiger charge is 2.33. The van der Waals surface area contributed by atoms with E-state index in [0.29, 0.717) is 16.8 Å². The number of anilines is 2. The number of phenolic OH excluding ortho intramolecular Hbond substituents is 1. The van der Waals surface area contributed by atoms with Crippen LogP contribution in [-0.4, -0.2) is 28.7 Å². The number of carbonyl (C=O) groups excluding carboxylic acids is 2. The van der Waals surface area contributed by atoms with Crippen LogP contribution in [0.1, 0.15) is 37.4 Å². The van der Waals surface area contributed by atoms with E-state index < -0.39 is 0 Å². The van der Waals surface area contributed by atoms with Crippen LogP contribution < -0.4 is 5.32 Å². The molecule has 140 valence electrons. The van der Waals surface area contributed by atoms with Gasteiger partial charge in [-0.15, -0.1) is 0 Å². The standard InChI is InChI=1S/C23H19NO3S/c1-28-13-12-14-6-8-15(9-7-14)24-18-10-11-19(25)21-20(18)22(26)16-4-2-3-5-17(16)23(21)27/h2-11,24-25H,12-13H2,1H3. The number of aryl methyl sites for hydroxylation is 1. The average Bonchev–Trinajstić information content (AvgIpc) is 2.72. The van der Waals surface area contributed by atoms with Crippen LogP contribution in [0, 0.1) is 0 Å². The zero-order chi connectivity index (χ0) is 19.7. The first-order valence-corrected chi connectivity index (χ1v) is 10.4. The molecule has 0 amide bonds. The van der Waals surface area contributed by atoms with Crippen LogP contribution >= 0.6 is 11.8 Å². The van der Waals surface area contributed by atoms with E-state index in [2.05, 4.69) is 11.6 Å². The van der Waals surface area contributed by atoms with Gasteiger partial charge in [0.05, 0.1) is 16.8 Å². The molecule has 0 aromatic heterocycles. The summed E-state index contributed by atoms with van der Waals surface area (Å²) in [6.07, 6.45) is 3.08. The highest BCUT2D eigenvalue weighted by atomic mass is 32.2. The molecule has 28 heavy (non-hydrogen) atoms. The molecule has 0 radical (unpaired) electrons. The van der Waals surface area contributed by atoms with E-state index in [-0.39, 0.29) is 28.4 Å². The molecular weight excluding hydrogens is 370 g/mol. The van der Waals surface area contributed by atoms with Gasteiger partial charge in [-0.25, -0.2) is 0 Å². The third kappa shape index (κ3) is 3.18. The van der Waals surface area contributed by atoms with Crippen molar-refractivity contribution in [2.75, 3.05) is 17.3 Å². The van der Waals surface area contributed by atoms with Crippen molar-refractivity contribution in [2.45, 2.75) is 6.42 Å². The van der Waals surface area contributed by atoms with E-state index in [1.807, 2.05) is 24.3 Å². The molecule has 0 saturated heterocycles. The number of rotatable bonds is 5. The zero-order valence-electron chi connectivity index (χ0n) is 15.4. The molecule has 0 saturated carbocycles. The van der Waals surface area contributed by atoms with Crippen LogP contribution in [-0.2, 0) is 6.42 Å². The lowest BCUT2D eigenvalue weighted by Crippen LogP contribution is -2.22. The molecule has 4 rings (SSSR count). The first kappa shape index (κ1) is 18.3. The van der Waals surface area contributed by atoms with E-state index in [1.54, 1.807) is 42.1 Å². The fourth-order valence-corrected chi connectivity index (χ4v) is 3.88. The van der Waals surface area contributed by atoms with Gasteiger partial charge in [-0.3, -0.25) is 9.59 Å². The maximum Gasteiger partial charge on any atom is 0.198 e. The number of thioether (sulfide) groups is 1. The second-order valence-electron chi connectivity index (χ2n) is 6.65. The van der Waals surface area contributed by atoms with Crippen LogP contribution in [0.3, 0.4) is 0 Å². The van der Waals surface area contributed by atoms with E-state index in [9.17, 15) is 14.7 Å². The van der Waals surface area contributed by atoms with Crippen LogP contribution in [0.5, 0.6) is 5.75 Å². The quantitative estimate of drug-likeness (QED) is 0.479. The van der Waals surface area contributed by atoms with Crippen molar-refractivity contribution in [3.05, 3.63) is 88.5 Å². The van der Waals surface area contributed by atoms with Gasteiger partial charge in [0.25, 0.3) is 0 Å². The van der Waals surface area contributed by atoms with Gasteiger partial charge in [0.15, 0.2) is 11.6 Å². The predicted octanol–water partition coefficient (Wildman–Crippen LogP) is 4.82. The monoisotopic (exact) mass is 389 g/mol. The number of ketones is 2. The maximum absolute atomic E-state index is 13.1. The minimum absolute atomic E-state index is 0.0605. The molecule has 0 aliphatic heterocycles. The van der Waals surface area contributed by atoms with Gasteiger partial charge >= 0.3 is 0 Å². The number of hydrogen-bond donors (Lipinski definition) is 2. The minimum Gasteiger partial charge on any atom is -0.507 e. The van der Waals surface area contributed by atoms with Gasteiger partial charge in [-0.2, -0.15) is 11.8 Å². The molecule has 0 unspecified atom stereocenters. The summed E-state index contributed by atoms with van der Waals surface area (Å²) in [6.45, 7) is 0. The molecule has 4 nitrogen and oxygen atoms in total. The van der Waals surface area contributed by atoms with Crippen molar-refractivity contribution in [3.8, 4) is 5.75 Å². The number of carbonyl (C=O) groups is 2. The summed E-state index contributed by atoms with van der Waals surface area (Å²) >= 11 is 1.81. The topological polar surface area (TPSA) is 66.4 Å². The van der Waals surface area contributed by atoms with Crippen LogP contribution in [0.25, 0.3) is 0 Å². The maximum atomic E-state index is 13.1. The number of benzene rings is 3. The van der Waals surface area contributed by atoms with Crippen molar-refractivity contribution in [2.24, 2.45) is 0 Å². The van der Waals surface area contributed by atoms with Gasteiger partial charge in [-0.1, -0.05) is 36.4 Å². The van der Waals surface area contributed by atoms with Gasteiger partial charge in [0, 0.05) is 16.8 Å². The second-order valence-corrected chi connectivity index (χ2v) is 7.64. The van der Waals surface area contributed by atoms with Crippen molar-refractivity contribution >= 4 is 34.7 Å². The van der Waals surface area contributed by atoms with E-state index in [4.69, 9.17) is 0 Å². The highest BCUT2D eigenvalue weighted by molar-refractivity contribution is 7.98. The van der Waals surface area contributed by atoms with Gasteiger partial charge in [-0.05, 0) is 48.3 Å². The summed E-state index contributed by atoms with van der Waals surface area (Å²) in [6, 6.07) is 17.8. The van der Waals surface area contributed by atoms with Gasteiger partial charge in [0.2, 0.25) is 0 Å².